The molecule has 1 amide bonds. The van der Waals surface area contributed by atoms with Gasteiger partial charge in [-0.2, -0.15) is 0 Å². The fourth-order valence-corrected chi connectivity index (χ4v) is 2.39. The Morgan fingerprint density at radius 1 is 1.43 bits per heavy atom. The van der Waals surface area contributed by atoms with Gasteiger partial charge >= 0.3 is 6.09 Å². The number of amides is 1. The van der Waals surface area contributed by atoms with E-state index in [0.717, 1.165) is 12.0 Å². The highest BCUT2D eigenvalue weighted by atomic mass is 79.9. The second-order valence-corrected chi connectivity index (χ2v) is 7.08. The van der Waals surface area contributed by atoms with E-state index in [-0.39, 0.29) is 23.9 Å². The summed E-state index contributed by atoms with van der Waals surface area (Å²) in [6.45, 7) is 6.07. The molecule has 116 valence electrons. The average molecular weight is 357 g/mol. The number of carbonyl (C=O) groups is 1. The molecule has 0 spiro atoms. The summed E-state index contributed by atoms with van der Waals surface area (Å²) in [6, 6.07) is 5.85. The number of hydrogen-bond acceptors (Lipinski definition) is 4. The van der Waals surface area contributed by atoms with Crippen molar-refractivity contribution in [2.75, 3.05) is 0 Å². The Labute approximate surface area is 133 Å². The molecule has 21 heavy (non-hydrogen) atoms. The lowest BCUT2D eigenvalue weighted by Crippen LogP contribution is -2.36. The average Bonchev–Trinajstić information content (AvgIpc) is 3.07. The molecule has 2 atom stereocenters. The monoisotopic (exact) mass is 356 g/mol. The zero-order chi connectivity index (χ0) is 15.6. The molecule has 5 nitrogen and oxygen atoms in total. The first-order valence-corrected chi connectivity index (χ1v) is 7.75. The molecule has 0 radical (unpaired) electrons. The summed E-state index contributed by atoms with van der Waals surface area (Å²) in [5, 5.41) is 16.0. The van der Waals surface area contributed by atoms with E-state index < -0.39 is 5.60 Å². The number of halogens is 1. The molecule has 1 aliphatic carbocycles. The van der Waals surface area contributed by atoms with Crippen LogP contribution in [0, 0.1) is 0 Å². The van der Waals surface area contributed by atoms with E-state index >= 15 is 0 Å². The van der Waals surface area contributed by atoms with Gasteiger partial charge in [-0.3, -0.25) is 0 Å². The Morgan fingerprint density at radius 3 is 2.81 bits per heavy atom. The number of nitrogens with one attached hydrogen (secondary N) is 2. The van der Waals surface area contributed by atoms with Crippen LogP contribution >= 0.6 is 15.9 Å². The van der Waals surface area contributed by atoms with E-state index in [1.54, 1.807) is 6.07 Å². The molecule has 0 aliphatic heterocycles. The Hall–Kier alpha value is -1.27. The SMILES string of the molecule is CC(C)(C)OC(=O)NC1CC1NCc1cccc(Br)c1O. The zero-order valence-electron chi connectivity index (χ0n) is 12.4. The molecule has 0 aromatic heterocycles. The molecular formula is C15H21BrN2O3. The van der Waals surface area contributed by atoms with Crippen LogP contribution in [0.3, 0.4) is 0 Å². The van der Waals surface area contributed by atoms with Gasteiger partial charge in [0.05, 0.1) is 4.47 Å². The van der Waals surface area contributed by atoms with Gasteiger partial charge in [0, 0.05) is 24.2 Å². The normalized spacial score (nSPS) is 21.0. The van der Waals surface area contributed by atoms with Gasteiger partial charge in [-0.05, 0) is 49.2 Å². The number of alkyl carbamates (subject to hydrolysis) is 1. The lowest BCUT2D eigenvalue weighted by molar-refractivity contribution is 0.0522. The fraction of sp³-hybridized carbons (Fsp3) is 0.533. The van der Waals surface area contributed by atoms with Crippen molar-refractivity contribution in [2.45, 2.75) is 51.4 Å². The number of ether oxygens (including phenoxy) is 1. The minimum absolute atomic E-state index is 0.0918. The molecule has 0 heterocycles. The van der Waals surface area contributed by atoms with Gasteiger partial charge in [0.15, 0.2) is 0 Å². The Kier molecular flexibility index (Phi) is 4.78. The fourth-order valence-electron chi connectivity index (χ4n) is 1.98. The van der Waals surface area contributed by atoms with Crippen molar-refractivity contribution in [1.29, 1.82) is 0 Å². The minimum atomic E-state index is -0.482. The Bertz CT molecular complexity index is 528. The molecule has 1 aliphatic rings. The van der Waals surface area contributed by atoms with Crippen molar-refractivity contribution in [3.63, 3.8) is 0 Å². The van der Waals surface area contributed by atoms with Gasteiger partial charge in [0.1, 0.15) is 11.4 Å². The summed E-state index contributed by atoms with van der Waals surface area (Å²) < 4.78 is 5.89. The van der Waals surface area contributed by atoms with E-state index in [1.165, 1.54) is 0 Å². The predicted octanol–water partition coefficient (Wildman–Crippen LogP) is 2.91. The first kappa shape index (κ1) is 16.1. The summed E-state index contributed by atoms with van der Waals surface area (Å²) >= 11 is 3.29. The van der Waals surface area contributed by atoms with Crippen LogP contribution < -0.4 is 10.6 Å². The molecule has 2 rings (SSSR count). The smallest absolute Gasteiger partial charge is 0.407 e. The van der Waals surface area contributed by atoms with Crippen molar-refractivity contribution in [3.05, 3.63) is 28.2 Å². The molecule has 1 saturated carbocycles. The second kappa shape index (κ2) is 6.23. The van der Waals surface area contributed by atoms with Gasteiger partial charge < -0.3 is 20.5 Å². The maximum atomic E-state index is 11.6. The third kappa shape index (κ3) is 4.89. The van der Waals surface area contributed by atoms with Crippen LogP contribution in [0.25, 0.3) is 0 Å². The summed E-state index contributed by atoms with van der Waals surface area (Å²) in [4.78, 5) is 11.6. The van der Waals surface area contributed by atoms with Crippen molar-refractivity contribution in [1.82, 2.24) is 10.6 Å². The number of aromatic hydroxyl groups is 1. The lowest BCUT2D eigenvalue weighted by Gasteiger charge is -2.19. The van der Waals surface area contributed by atoms with Crippen molar-refractivity contribution in [2.24, 2.45) is 0 Å². The highest BCUT2D eigenvalue weighted by Crippen LogP contribution is 2.28. The summed E-state index contributed by atoms with van der Waals surface area (Å²) in [5.41, 5.74) is 0.344. The number of phenolic OH excluding ortho intramolecular Hbond substituents is 1. The summed E-state index contributed by atoms with van der Waals surface area (Å²) in [6.07, 6.45) is 0.482. The van der Waals surface area contributed by atoms with Crippen molar-refractivity contribution in [3.8, 4) is 5.75 Å². The maximum Gasteiger partial charge on any atom is 0.407 e. The van der Waals surface area contributed by atoms with Crippen molar-refractivity contribution >= 4 is 22.0 Å². The van der Waals surface area contributed by atoms with Crippen molar-refractivity contribution < 1.29 is 14.6 Å². The zero-order valence-corrected chi connectivity index (χ0v) is 14.0. The van der Waals surface area contributed by atoms with E-state index in [2.05, 4.69) is 26.6 Å². The van der Waals surface area contributed by atoms with Gasteiger partial charge in [0.2, 0.25) is 0 Å². The number of rotatable bonds is 4. The molecule has 6 heteroatoms. The maximum absolute atomic E-state index is 11.6. The van der Waals surface area contributed by atoms with E-state index in [0.29, 0.717) is 11.0 Å². The topological polar surface area (TPSA) is 70.6 Å². The van der Waals surface area contributed by atoms with E-state index in [1.807, 2.05) is 32.9 Å². The number of phenols is 1. The van der Waals surface area contributed by atoms with Gasteiger partial charge in [-0.15, -0.1) is 0 Å². The van der Waals surface area contributed by atoms with Crippen LogP contribution in [0.15, 0.2) is 22.7 Å². The molecule has 1 aromatic rings. The molecule has 1 aromatic carbocycles. The highest BCUT2D eigenvalue weighted by Gasteiger charge is 2.38. The Balaban J connectivity index is 1.75. The third-order valence-corrected chi connectivity index (χ3v) is 3.76. The van der Waals surface area contributed by atoms with Gasteiger partial charge in [-0.1, -0.05) is 12.1 Å². The number of para-hydroxylation sites is 1. The quantitative estimate of drug-likeness (QED) is 0.775. The first-order chi connectivity index (χ1) is 9.76. The van der Waals surface area contributed by atoms with Crippen LogP contribution in [0.5, 0.6) is 5.75 Å². The third-order valence-electron chi connectivity index (χ3n) is 3.12. The largest absolute Gasteiger partial charge is 0.506 e. The molecule has 0 saturated heterocycles. The molecule has 1 fully saturated rings. The predicted molar refractivity (Wildman–Crippen MR) is 84.2 cm³/mol. The van der Waals surface area contributed by atoms with Crippen LogP contribution in [-0.4, -0.2) is 28.9 Å². The number of carbonyl (C=O) groups excluding carboxylic acids is 1. The van der Waals surface area contributed by atoms with Crippen LogP contribution in [0.2, 0.25) is 0 Å². The van der Waals surface area contributed by atoms with Crippen LogP contribution in [0.4, 0.5) is 4.79 Å². The number of hydrogen-bond donors (Lipinski definition) is 3. The minimum Gasteiger partial charge on any atom is -0.506 e. The molecular weight excluding hydrogens is 336 g/mol. The summed E-state index contributed by atoms with van der Waals surface area (Å²) in [7, 11) is 0. The molecule has 0 bridgehead atoms. The highest BCUT2D eigenvalue weighted by molar-refractivity contribution is 9.10. The molecule has 2 unspecified atom stereocenters. The van der Waals surface area contributed by atoms with Gasteiger partial charge in [-0.25, -0.2) is 4.79 Å². The van der Waals surface area contributed by atoms with Crippen LogP contribution in [0.1, 0.15) is 32.8 Å². The van der Waals surface area contributed by atoms with E-state index in [9.17, 15) is 9.90 Å². The molecule has 3 N–H and O–H groups in total. The Morgan fingerprint density at radius 2 is 2.14 bits per heavy atom. The first-order valence-electron chi connectivity index (χ1n) is 6.95. The number of benzene rings is 1. The van der Waals surface area contributed by atoms with Crippen LogP contribution in [-0.2, 0) is 11.3 Å². The summed E-state index contributed by atoms with van der Waals surface area (Å²) in [5.74, 6) is 0.252. The van der Waals surface area contributed by atoms with E-state index in [4.69, 9.17) is 4.74 Å². The lowest BCUT2D eigenvalue weighted by atomic mass is 10.2. The second-order valence-electron chi connectivity index (χ2n) is 6.22. The standard InChI is InChI=1S/C15H21BrN2O3/c1-15(2,3)21-14(20)18-12-7-11(12)17-8-9-5-4-6-10(16)13(9)19/h4-6,11-12,17,19H,7-8H2,1-3H3,(H,18,20). The van der Waals surface area contributed by atoms with Gasteiger partial charge in [0.25, 0.3) is 0 Å².